The Bertz CT molecular complexity index is 976. The van der Waals surface area contributed by atoms with Crippen LogP contribution in [0.3, 0.4) is 0 Å². The predicted octanol–water partition coefficient (Wildman–Crippen LogP) is 6.82. The SMILES string of the molecule is CCCCC/C=C\C/C=C\CC(=O)C=P(c1ccccc1)(c1ccccc1)c1ccccc1. The van der Waals surface area contributed by atoms with Gasteiger partial charge in [0, 0.05) is 6.42 Å². The first kappa shape index (κ1) is 24.7. The van der Waals surface area contributed by atoms with Crippen molar-refractivity contribution in [2.24, 2.45) is 0 Å². The van der Waals surface area contributed by atoms with Gasteiger partial charge in [-0.3, -0.25) is 4.79 Å². The van der Waals surface area contributed by atoms with Crippen molar-refractivity contribution in [3.05, 3.63) is 115 Å². The Hall–Kier alpha value is -2.89. The number of hydrogen-bond acceptors (Lipinski definition) is 1. The first-order chi connectivity index (χ1) is 16.3. The zero-order valence-corrected chi connectivity index (χ0v) is 20.5. The minimum atomic E-state index is -2.21. The lowest BCUT2D eigenvalue weighted by Crippen LogP contribution is -2.28. The maximum absolute atomic E-state index is 13.3. The van der Waals surface area contributed by atoms with Crippen molar-refractivity contribution < 1.29 is 4.79 Å². The Kier molecular flexibility index (Phi) is 10.2. The summed E-state index contributed by atoms with van der Waals surface area (Å²) < 4.78 is 0. The second-order valence-electron chi connectivity index (χ2n) is 8.20. The molecule has 170 valence electrons. The summed E-state index contributed by atoms with van der Waals surface area (Å²) in [5.41, 5.74) is 0. The van der Waals surface area contributed by atoms with E-state index in [1.165, 1.54) is 35.2 Å². The minimum absolute atomic E-state index is 0.170. The number of carbonyl (C=O) groups is 1. The first-order valence-electron chi connectivity index (χ1n) is 12.0. The molecule has 0 bridgehead atoms. The molecule has 0 amide bonds. The maximum Gasteiger partial charge on any atom is 0.160 e. The lowest BCUT2D eigenvalue weighted by molar-refractivity contribution is -0.111. The fourth-order valence-electron chi connectivity index (χ4n) is 4.03. The van der Waals surface area contributed by atoms with E-state index in [1.54, 1.807) is 0 Å². The molecule has 0 aromatic heterocycles. The highest BCUT2D eigenvalue weighted by Gasteiger charge is 2.25. The van der Waals surface area contributed by atoms with Crippen LogP contribution in [-0.2, 0) is 4.79 Å². The fourth-order valence-corrected chi connectivity index (χ4v) is 7.84. The third-order valence-electron chi connectivity index (χ3n) is 5.73. The lowest BCUT2D eigenvalue weighted by atomic mass is 10.2. The van der Waals surface area contributed by atoms with E-state index in [0.29, 0.717) is 6.42 Å². The summed E-state index contributed by atoms with van der Waals surface area (Å²) in [7, 11) is 0. The Labute approximate surface area is 199 Å². The highest BCUT2D eigenvalue weighted by Crippen LogP contribution is 2.43. The van der Waals surface area contributed by atoms with Crippen LogP contribution in [0, 0.1) is 0 Å². The van der Waals surface area contributed by atoms with Crippen LogP contribution in [0.5, 0.6) is 0 Å². The Morgan fingerprint density at radius 1 is 0.667 bits per heavy atom. The van der Waals surface area contributed by atoms with E-state index in [9.17, 15) is 4.79 Å². The molecule has 0 radical (unpaired) electrons. The molecule has 1 nitrogen and oxygen atoms in total. The van der Waals surface area contributed by atoms with Crippen LogP contribution in [-0.4, -0.2) is 11.6 Å². The molecular formula is C31H35OP. The molecule has 0 saturated heterocycles. The maximum atomic E-state index is 13.3. The highest BCUT2D eigenvalue weighted by atomic mass is 31.2. The molecule has 0 saturated carbocycles. The molecule has 0 atom stereocenters. The third kappa shape index (κ3) is 7.04. The molecule has 3 rings (SSSR count). The van der Waals surface area contributed by atoms with Crippen molar-refractivity contribution in [3.63, 3.8) is 0 Å². The van der Waals surface area contributed by atoms with Crippen molar-refractivity contribution in [1.82, 2.24) is 0 Å². The second kappa shape index (κ2) is 13.6. The predicted molar refractivity (Wildman–Crippen MR) is 148 cm³/mol. The number of ketones is 1. The molecule has 0 aliphatic rings. The van der Waals surface area contributed by atoms with Gasteiger partial charge in [0.25, 0.3) is 0 Å². The van der Waals surface area contributed by atoms with Gasteiger partial charge in [0.15, 0.2) is 5.78 Å². The molecule has 0 aliphatic carbocycles. The summed E-state index contributed by atoms with van der Waals surface area (Å²) in [6, 6.07) is 31.5. The number of unbranched alkanes of at least 4 members (excludes halogenated alkanes) is 3. The molecule has 3 aromatic rings. The van der Waals surface area contributed by atoms with Gasteiger partial charge < -0.3 is 0 Å². The monoisotopic (exact) mass is 454 g/mol. The average Bonchev–Trinajstić information content (AvgIpc) is 2.88. The molecule has 2 heteroatoms. The van der Waals surface area contributed by atoms with Crippen LogP contribution in [0.15, 0.2) is 115 Å². The molecule has 33 heavy (non-hydrogen) atoms. The molecule has 0 heterocycles. The van der Waals surface area contributed by atoms with Gasteiger partial charge in [-0.05, 0) is 47.9 Å². The van der Waals surface area contributed by atoms with E-state index in [4.69, 9.17) is 0 Å². The van der Waals surface area contributed by atoms with Crippen molar-refractivity contribution in [2.75, 3.05) is 0 Å². The summed E-state index contributed by atoms with van der Waals surface area (Å²) in [4.78, 5) is 13.3. The molecule has 3 aromatic carbocycles. The second-order valence-corrected chi connectivity index (χ2v) is 11.5. The normalized spacial score (nSPS) is 11.8. The quantitative estimate of drug-likeness (QED) is 0.167. The van der Waals surface area contributed by atoms with E-state index in [1.807, 2.05) is 30.1 Å². The van der Waals surface area contributed by atoms with Crippen LogP contribution in [0.4, 0.5) is 0 Å². The zero-order chi connectivity index (χ0) is 23.2. The van der Waals surface area contributed by atoms with Crippen LogP contribution >= 0.6 is 6.89 Å². The van der Waals surface area contributed by atoms with Gasteiger partial charge in [-0.25, -0.2) is 0 Å². The smallest absolute Gasteiger partial charge is 0.160 e. The molecule has 0 spiro atoms. The summed E-state index contributed by atoms with van der Waals surface area (Å²) in [6.45, 7) is 0.0181. The number of carbonyl (C=O) groups excluding carboxylic acids is 1. The number of rotatable bonds is 12. The van der Waals surface area contributed by atoms with Gasteiger partial charge >= 0.3 is 0 Å². The highest BCUT2D eigenvalue weighted by molar-refractivity contribution is 7.95. The summed E-state index contributed by atoms with van der Waals surface area (Å²) in [5, 5.41) is 3.61. The Morgan fingerprint density at radius 2 is 1.15 bits per heavy atom. The number of Topliss-reactive ketones (excluding diaryl/α,β-unsaturated/α-hetero) is 1. The lowest BCUT2D eigenvalue weighted by Gasteiger charge is -2.28. The number of allylic oxidation sites excluding steroid dienone is 4. The van der Waals surface area contributed by atoms with Gasteiger partial charge in [0.1, 0.15) is 0 Å². The van der Waals surface area contributed by atoms with Crippen molar-refractivity contribution in [1.29, 1.82) is 0 Å². The van der Waals surface area contributed by atoms with Gasteiger partial charge in [0.2, 0.25) is 0 Å². The van der Waals surface area contributed by atoms with Crippen LogP contribution in [0.1, 0.15) is 45.4 Å². The summed E-state index contributed by atoms with van der Waals surface area (Å²) >= 11 is 0. The van der Waals surface area contributed by atoms with Crippen molar-refractivity contribution >= 4 is 34.4 Å². The summed E-state index contributed by atoms with van der Waals surface area (Å²) in [5.74, 6) is 2.20. The first-order valence-corrected chi connectivity index (χ1v) is 13.9. The van der Waals surface area contributed by atoms with Gasteiger partial charge in [-0.2, -0.15) is 0 Å². The molecule has 0 unspecified atom stereocenters. The van der Waals surface area contributed by atoms with Gasteiger partial charge in [0.05, 0.1) is 0 Å². The van der Waals surface area contributed by atoms with E-state index in [0.717, 1.165) is 12.8 Å². The van der Waals surface area contributed by atoms with Crippen molar-refractivity contribution in [3.8, 4) is 0 Å². The van der Waals surface area contributed by atoms with Crippen molar-refractivity contribution in [2.45, 2.75) is 45.4 Å². The standard InChI is InChI=1S/C31H35OP/c1-2-3-4-5-6-7-8-9-13-20-28(32)27-33(29-21-14-10-15-22-29,30-23-16-11-17-24-30)31-25-18-12-19-26-31/h6-7,9-19,21-27H,2-5,8,20H2,1H3/b7-6-,13-9-. The number of benzene rings is 3. The van der Waals surface area contributed by atoms with E-state index < -0.39 is 6.89 Å². The van der Waals surface area contributed by atoms with E-state index in [2.05, 4.69) is 97.9 Å². The molecule has 0 fully saturated rings. The van der Waals surface area contributed by atoms with Crippen LogP contribution < -0.4 is 15.9 Å². The molecule has 0 aliphatic heterocycles. The largest absolute Gasteiger partial charge is 0.294 e. The fraction of sp³-hybridized carbons (Fsp3) is 0.226. The zero-order valence-electron chi connectivity index (χ0n) is 19.6. The summed E-state index contributed by atoms with van der Waals surface area (Å²) in [6.07, 6.45) is 14.8. The van der Waals surface area contributed by atoms with Crippen LogP contribution in [0.25, 0.3) is 0 Å². The molecule has 0 N–H and O–H groups in total. The topological polar surface area (TPSA) is 17.1 Å². The van der Waals surface area contributed by atoms with Gasteiger partial charge in [-0.15, -0.1) is 0 Å². The van der Waals surface area contributed by atoms with Gasteiger partial charge in [-0.1, -0.05) is 135 Å². The Balaban J connectivity index is 1.90. The minimum Gasteiger partial charge on any atom is -0.294 e. The van der Waals surface area contributed by atoms with E-state index >= 15 is 0 Å². The third-order valence-corrected chi connectivity index (χ3v) is 9.74. The Morgan fingerprint density at radius 3 is 1.64 bits per heavy atom. The van der Waals surface area contributed by atoms with Crippen LogP contribution in [0.2, 0.25) is 0 Å². The number of hydrogen-bond donors (Lipinski definition) is 0. The van der Waals surface area contributed by atoms with E-state index in [-0.39, 0.29) is 5.78 Å². The molecular weight excluding hydrogens is 419 g/mol. The average molecular weight is 455 g/mol.